The lowest BCUT2D eigenvalue weighted by Crippen LogP contribution is -2.46. The quantitative estimate of drug-likeness (QED) is 0.813. The predicted molar refractivity (Wildman–Crippen MR) is 106 cm³/mol. The van der Waals surface area contributed by atoms with Crippen LogP contribution in [-0.2, 0) is 35.7 Å². The zero-order valence-electron chi connectivity index (χ0n) is 15.5. The number of hydrogen-bond donors (Lipinski definition) is 2. The minimum atomic E-state index is -3.82. The summed E-state index contributed by atoms with van der Waals surface area (Å²) >= 11 is 0. The highest BCUT2D eigenvalue weighted by Crippen LogP contribution is 2.38. The van der Waals surface area contributed by atoms with Gasteiger partial charge >= 0.3 is 6.03 Å². The molecular weight excluding hydrogens is 362 g/mol. The van der Waals surface area contributed by atoms with Crippen LogP contribution >= 0.6 is 0 Å². The van der Waals surface area contributed by atoms with Crippen molar-refractivity contribution >= 4 is 21.7 Å². The molecule has 1 unspecified atom stereocenters. The van der Waals surface area contributed by atoms with E-state index in [1.807, 2.05) is 0 Å². The zero-order valence-corrected chi connectivity index (χ0v) is 16.3. The first kappa shape index (κ1) is 18.5. The molecule has 1 aromatic carbocycles. The van der Waals surface area contributed by atoms with E-state index in [0.717, 1.165) is 62.6 Å². The number of carbonyl (C=O) groups excluding carboxylic acids is 1. The third kappa shape index (κ3) is 3.75. The van der Waals surface area contributed by atoms with Crippen molar-refractivity contribution in [2.24, 2.45) is 0 Å². The van der Waals surface area contributed by atoms with Crippen LogP contribution in [0.2, 0.25) is 0 Å². The predicted octanol–water partition coefficient (Wildman–Crippen LogP) is 2.54. The summed E-state index contributed by atoms with van der Waals surface area (Å²) < 4.78 is 26.6. The maximum atomic E-state index is 12.4. The van der Waals surface area contributed by atoms with Crippen molar-refractivity contribution in [2.75, 3.05) is 18.4 Å². The number of nitrogens with one attached hydrogen (secondary N) is 2. The summed E-state index contributed by atoms with van der Waals surface area (Å²) in [5.74, 6) is 0. The van der Waals surface area contributed by atoms with Crippen LogP contribution in [0, 0.1) is 6.92 Å². The van der Waals surface area contributed by atoms with Gasteiger partial charge in [0.1, 0.15) is 0 Å². The fourth-order valence-corrected chi connectivity index (χ4v) is 5.19. The molecule has 2 amide bonds. The van der Waals surface area contributed by atoms with Crippen molar-refractivity contribution in [3.05, 3.63) is 46.7 Å². The molecule has 2 N–H and O–H groups in total. The third-order valence-electron chi connectivity index (χ3n) is 5.89. The Balaban J connectivity index is 1.46. The van der Waals surface area contributed by atoms with Crippen LogP contribution in [0.25, 0.3) is 0 Å². The van der Waals surface area contributed by atoms with Crippen LogP contribution in [0.4, 0.5) is 10.5 Å². The highest BCUT2D eigenvalue weighted by Gasteiger charge is 2.26. The summed E-state index contributed by atoms with van der Waals surface area (Å²) in [4.78, 5) is 14.5. The first-order chi connectivity index (χ1) is 13.0. The Hall–Kier alpha value is -1.86. The average molecular weight is 389 g/mol. The summed E-state index contributed by atoms with van der Waals surface area (Å²) in [5.41, 5.74) is 5.80. The normalized spacial score (nSPS) is 21.7. The molecule has 7 heteroatoms. The Morgan fingerprint density at radius 3 is 2.41 bits per heavy atom. The number of rotatable bonds is 5. The Labute approximate surface area is 161 Å². The van der Waals surface area contributed by atoms with Gasteiger partial charge in [0.05, 0.1) is 0 Å². The third-order valence-corrected chi connectivity index (χ3v) is 6.88. The summed E-state index contributed by atoms with van der Waals surface area (Å²) in [6.45, 7) is 5.39. The van der Waals surface area contributed by atoms with E-state index in [-0.39, 0.29) is 6.04 Å². The van der Waals surface area contributed by atoms with Gasteiger partial charge in [0.25, 0.3) is 10.0 Å². The lowest BCUT2D eigenvalue weighted by Gasteiger charge is -2.38. The Bertz CT molecular complexity index is 858. The number of carbonyl (C=O) groups is 1. The number of sulfonamides is 1. The molecule has 0 aromatic heterocycles. The highest BCUT2D eigenvalue weighted by molar-refractivity contribution is 7.92. The van der Waals surface area contributed by atoms with Crippen LogP contribution in [0.15, 0.2) is 17.6 Å². The molecule has 27 heavy (non-hydrogen) atoms. The minimum absolute atomic E-state index is 0.0859. The topological polar surface area (TPSA) is 78.5 Å². The molecule has 1 aromatic rings. The molecule has 1 saturated heterocycles. The van der Waals surface area contributed by atoms with Crippen molar-refractivity contribution in [1.82, 2.24) is 9.62 Å². The monoisotopic (exact) mass is 388 g/mol. The van der Waals surface area contributed by atoms with E-state index < -0.39 is 16.1 Å². The molecular formula is C20H26N3O3S. The van der Waals surface area contributed by atoms with Gasteiger partial charge in [-0.1, -0.05) is 12.1 Å². The highest BCUT2D eigenvalue weighted by atomic mass is 32.2. The SMILES string of the molecule is [CH2]CN1CCC1C=CS(=O)(=O)NC(=O)Nc1c2c(cc3c1CCC3)CCC2. The van der Waals surface area contributed by atoms with Gasteiger partial charge in [-0.3, -0.25) is 4.90 Å². The van der Waals surface area contributed by atoms with Gasteiger partial charge < -0.3 is 5.32 Å². The van der Waals surface area contributed by atoms with Gasteiger partial charge in [-0.15, -0.1) is 0 Å². The summed E-state index contributed by atoms with van der Waals surface area (Å²) in [6.07, 6.45) is 8.65. The number of nitrogens with zero attached hydrogens (tertiary/aromatic N) is 1. The van der Waals surface area contributed by atoms with E-state index >= 15 is 0 Å². The Morgan fingerprint density at radius 1 is 1.19 bits per heavy atom. The van der Waals surface area contributed by atoms with Gasteiger partial charge in [-0.25, -0.2) is 17.9 Å². The second kappa shape index (κ2) is 7.28. The molecule has 1 aliphatic heterocycles. The van der Waals surface area contributed by atoms with E-state index in [0.29, 0.717) is 6.54 Å². The molecule has 1 heterocycles. The van der Waals surface area contributed by atoms with Crippen molar-refractivity contribution in [3.8, 4) is 0 Å². The molecule has 1 radical (unpaired) electrons. The lowest BCUT2D eigenvalue weighted by molar-refractivity contribution is 0.143. The molecule has 0 saturated carbocycles. The van der Waals surface area contributed by atoms with Gasteiger partial charge in [0.15, 0.2) is 0 Å². The van der Waals surface area contributed by atoms with Gasteiger partial charge in [0.2, 0.25) is 0 Å². The van der Waals surface area contributed by atoms with E-state index in [1.165, 1.54) is 22.3 Å². The number of amides is 2. The number of aryl methyl sites for hydroxylation is 2. The van der Waals surface area contributed by atoms with Crippen LogP contribution in [0.1, 0.15) is 41.5 Å². The van der Waals surface area contributed by atoms with Crippen LogP contribution in [0.3, 0.4) is 0 Å². The van der Waals surface area contributed by atoms with Gasteiger partial charge in [0, 0.05) is 23.7 Å². The van der Waals surface area contributed by atoms with Crippen molar-refractivity contribution in [2.45, 2.75) is 51.0 Å². The van der Waals surface area contributed by atoms with E-state index in [9.17, 15) is 13.2 Å². The van der Waals surface area contributed by atoms with Crippen LogP contribution < -0.4 is 10.0 Å². The minimum Gasteiger partial charge on any atom is -0.307 e. The molecule has 1 fully saturated rings. The zero-order chi connectivity index (χ0) is 19.0. The number of benzene rings is 1. The number of urea groups is 1. The second-order valence-corrected chi connectivity index (χ2v) is 9.12. The second-order valence-electron chi connectivity index (χ2n) is 7.56. The van der Waals surface area contributed by atoms with Crippen LogP contribution in [0.5, 0.6) is 0 Å². The number of fused-ring (bicyclic) bond motifs is 2. The Morgan fingerprint density at radius 2 is 1.85 bits per heavy atom. The maximum absolute atomic E-state index is 12.4. The molecule has 145 valence electrons. The Kier molecular flexibility index (Phi) is 4.99. The van der Waals surface area contributed by atoms with Crippen molar-refractivity contribution in [3.63, 3.8) is 0 Å². The summed E-state index contributed by atoms with van der Waals surface area (Å²) in [5, 5.41) is 3.95. The van der Waals surface area contributed by atoms with Gasteiger partial charge in [-0.2, -0.15) is 0 Å². The number of likely N-dealkylation sites (tertiary alicyclic amines) is 1. The molecule has 0 spiro atoms. The number of hydrogen-bond acceptors (Lipinski definition) is 4. The largest absolute Gasteiger partial charge is 0.333 e. The lowest BCUT2D eigenvalue weighted by atomic mass is 9.99. The fourth-order valence-electron chi connectivity index (χ4n) is 4.42. The molecule has 3 aliphatic rings. The van der Waals surface area contributed by atoms with Crippen molar-refractivity contribution in [1.29, 1.82) is 0 Å². The standard InChI is InChI=1S/C20H26N3O3S/c1-2-23-11-9-16(23)10-12-27(25,26)22-20(24)21-19-17-7-3-5-14(17)13-15-6-4-8-18(15)19/h10,12-13,16H,1-9,11H2,(H2,21,22,24). The number of anilines is 1. The average Bonchev–Trinajstić information content (AvgIpc) is 3.22. The fraction of sp³-hybridized carbons (Fsp3) is 0.500. The maximum Gasteiger partial charge on any atom is 0.333 e. The summed E-state index contributed by atoms with van der Waals surface area (Å²) in [6, 6.07) is 1.68. The molecule has 4 rings (SSSR count). The molecule has 1 atom stereocenters. The van der Waals surface area contributed by atoms with E-state index in [1.54, 1.807) is 6.08 Å². The first-order valence-electron chi connectivity index (χ1n) is 9.68. The molecule has 2 aliphatic carbocycles. The molecule has 6 nitrogen and oxygen atoms in total. The first-order valence-corrected chi connectivity index (χ1v) is 11.2. The van der Waals surface area contributed by atoms with Gasteiger partial charge in [-0.05, 0) is 80.7 Å². The van der Waals surface area contributed by atoms with Crippen LogP contribution in [-0.4, -0.2) is 38.5 Å². The van der Waals surface area contributed by atoms with Crippen molar-refractivity contribution < 1.29 is 13.2 Å². The van der Waals surface area contributed by atoms with E-state index in [2.05, 4.69) is 27.9 Å². The smallest absolute Gasteiger partial charge is 0.307 e. The summed E-state index contributed by atoms with van der Waals surface area (Å²) in [7, 11) is -3.82. The molecule has 0 bridgehead atoms. The van der Waals surface area contributed by atoms with E-state index in [4.69, 9.17) is 0 Å².